The summed E-state index contributed by atoms with van der Waals surface area (Å²) in [6.45, 7) is 1.26. The number of halogens is 2. The van der Waals surface area contributed by atoms with Crippen LogP contribution in [0, 0.1) is 12.7 Å². The molecule has 26 heavy (non-hydrogen) atoms. The van der Waals surface area contributed by atoms with E-state index in [1.54, 1.807) is 13.0 Å². The number of hydrogen-bond donors (Lipinski definition) is 3. The number of hydrogen-bond acceptors (Lipinski definition) is 6. The maximum Gasteiger partial charge on any atom is 0.271 e. The molecule has 1 heterocycles. The lowest BCUT2D eigenvalue weighted by Gasteiger charge is -2.15. The highest BCUT2D eigenvalue weighted by atomic mass is 79.9. The molecule has 10 heteroatoms. The summed E-state index contributed by atoms with van der Waals surface area (Å²) in [6.07, 6.45) is -0.207. The van der Waals surface area contributed by atoms with Gasteiger partial charge in [0.25, 0.3) is 5.56 Å². The van der Waals surface area contributed by atoms with Gasteiger partial charge in [0.1, 0.15) is 5.82 Å². The molecule has 0 spiro atoms. The van der Waals surface area contributed by atoms with E-state index in [4.69, 9.17) is 9.94 Å². The van der Waals surface area contributed by atoms with E-state index in [1.165, 1.54) is 19.2 Å². The molecule has 2 aromatic rings. The number of carbonyl (C=O) groups excluding carboxylic acids is 1. The molecule has 0 saturated heterocycles. The predicted molar refractivity (Wildman–Crippen MR) is 96.5 cm³/mol. The van der Waals surface area contributed by atoms with Crippen molar-refractivity contribution in [2.24, 2.45) is 7.05 Å². The van der Waals surface area contributed by atoms with E-state index in [9.17, 15) is 14.0 Å². The zero-order chi connectivity index (χ0) is 19.3. The maximum absolute atomic E-state index is 14.1. The Morgan fingerprint density at radius 1 is 1.46 bits per heavy atom. The molecule has 0 atom stereocenters. The van der Waals surface area contributed by atoms with Crippen LogP contribution in [-0.2, 0) is 23.1 Å². The average Bonchev–Trinajstić information content (AvgIpc) is 2.58. The van der Waals surface area contributed by atoms with Gasteiger partial charge in [-0.15, -0.1) is 0 Å². The highest BCUT2D eigenvalue weighted by molar-refractivity contribution is 9.10. The molecule has 0 unspecified atom stereocenters. The quantitative estimate of drug-likeness (QED) is 0.453. The highest BCUT2D eigenvalue weighted by Crippen LogP contribution is 2.26. The van der Waals surface area contributed by atoms with Gasteiger partial charge in [-0.25, -0.2) is 14.6 Å². The molecule has 0 radical (unpaired) electrons. The number of anilines is 2. The molecular formula is C16H18BrFN4O4. The third-order valence-corrected chi connectivity index (χ3v) is 3.94. The Labute approximate surface area is 157 Å². The van der Waals surface area contributed by atoms with Crippen molar-refractivity contribution in [2.45, 2.75) is 13.3 Å². The van der Waals surface area contributed by atoms with E-state index in [1.807, 2.05) is 0 Å². The number of carbonyl (C=O) groups is 1. The minimum atomic E-state index is -0.527. The number of nitrogens with one attached hydrogen (secondary N) is 2. The Balaban J connectivity index is 2.35. The van der Waals surface area contributed by atoms with Crippen LogP contribution < -0.4 is 16.4 Å². The first-order valence-corrected chi connectivity index (χ1v) is 8.43. The maximum atomic E-state index is 14.1. The van der Waals surface area contributed by atoms with E-state index in [0.29, 0.717) is 10.0 Å². The number of aliphatic hydroxyl groups is 1. The van der Waals surface area contributed by atoms with Gasteiger partial charge in [-0.2, -0.15) is 5.10 Å². The van der Waals surface area contributed by atoms with Crippen LogP contribution in [0.5, 0.6) is 0 Å². The third kappa shape index (κ3) is 4.87. The lowest BCUT2D eigenvalue weighted by atomic mass is 10.1. The average molecular weight is 429 g/mol. The smallest absolute Gasteiger partial charge is 0.271 e. The van der Waals surface area contributed by atoms with E-state index < -0.39 is 11.7 Å². The molecule has 8 nitrogen and oxygen atoms in total. The van der Waals surface area contributed by atoms with Crippen LogP contribution in [0.25, 0.3) is 0 Å². The lowest BCUT2D eigenvalue weighted by molar-refractivity contribution is -0.133. The second-order valence-corrected chi connectivity index (χ2v) is 6.31. The van der Waals surface area contributed by atoms with Gasteiger partial charge in [0.2, 0.25) is 5.91 Å². The molecule has 0 bridgehead atoms. The predicted octanol–water partition coefficient (Wildman–Crippen LogP) is 1.32. The Bertz CT molecular complexity index is 872. The van der Waals surface area contributed by atoms with Gasteiger partial charge in [0.05, 0.1) is 36.7 Å². The topological polar surface area (TPSA) is 105 Å². The van der Waals surface area contributed by atoms with E-state index >= 15 is 0 Å². The van der Waals surface area contributed by atoms with Gasteiger partial charge in [-0.05, 0) is 25.1 Å². The number of hydroxylamine groups is 1. The van der Waals surface area contributed by atoms with Crippen molar-refractivity contribution < 1.29 is 19.1 Å². The zero-order valence-electron chi connectivity index (χ0n) is 14.2. The molecule has 1 aromatic heterocycles. The van der Waals surface area contributed by atoms with Gasteiger partial charge in [0, 0.05) is 17.1 Å². The van der Waals surface area contributed by atoms with E-state index in [-0.39, 0.29) is 42.3 Å². The second-order valence-electron chi connectivity index (χ2n) is 5.40. The molecule has 2 rings (SSSR count). The van der Waals surface area contributed by atoms with Crippen LogP contribution in [0.1, 0.15) is 11.3 Å². The normalized spacial score (nSPS) is 10.7. The fraction of sp³-hybridized carbons (Fsp3) is 0.312. The van der Waals surface area contributed by atoms with Crippen molar-refractivity contribution in [3.63, 3.8) is 0 Å². The summed E-state index contributed by atoms with van der Waals surface area (Å²) in [5.74, 6) is -1.05. The molecule has 0 aliphatic carbocycles. The summed E-state index contributed by atoms with van der Waals surface area (Å²) in [4.78, 5) is 28.9. The Kier molecular flexibility index (Phi) is 6.83. The standard InChI is InChI=1S/C16H18BrFN4O4/c1-9-15(19-12-4-3-10(17)7-11(12)18)13(20-22(2)16(9)25)8-14(24)21-26-6-5-23/h3-4,7,19,23H,5-6,8H2,1-2H3,(H,21,24). The molecule has 140 valence electrons. The number of benzene rings is 1. The molecule has 3 N–H and O–H groups in total. The number of aromatic nitrogens is 2. The number of rotatable bonds is 7. The molecule has 0 aliphatic heterocycles. The lowest BCUT2D eigenvalue weighted by Crippen LogP contribution is -2.30. The molecule has 0 fully saturated rings. The third-order valence-electron chi connectivity index (χ3n) is 3.45. The molecular weight excluding hydrogens is 411 g/mol. The zero-order valence-corrected chi connectivity index (χ0v) is 15.8. The fourth-order valence-electron chi connectivity index (χ4n) is 2.22. The Hall–Kier alpha value is -2.30. The van der Waals surface area contributed by atoms with Crippen molar-refractivity contribution >= 4 is 33.2 Å². The van der Waals surface area contributed by atoms with Gasteiger partial charge in [0.15, 0.2) is 0 Å². The van der Waals surface area contributed by atoms with Crippen LogP contribution >= 0.6 is 15.9 Å². The monoisotopic (exact) mass is 428 g/mol. The minimum Gasteiger partial charge on any atom is -0.394 e. The van der Waals surface area contributed by atoms with E-state index in [2.05, 4.69) is 31.8 Å². The van der Waals surface area contributed by atoms with Gasteiger partial charge in [-0.1, -0.05) is 15.9 Å². The number of aliphatic hydroxyl groups excluding tert-OH is 1. The van der Waals surface area contributed by atoms with Crippen molar-refractivity contribution in [3.8, 4) is 0 Å². The van der Waals surface area contributed by atoms with Crippen molar-refractivity contribution in [1.82, 2.24) is 15.3 Å². The molecule has 0 aliphatic rings. The summed E-state index contributed by atoms with van der Waals surface area (Å²) in [7, 11) is 1.46. The Morgan fingerprint density at radius 3 is 2.85 bits per heavy atom. The molecule has 1 aromatic carbocycles. The van der Waals surface area contributed by atoms with Gasteiger partial charge in [-0.3, -0.25) is 14.4 Å². The number of aryl methyl sites for hydroxylation is 1. The van der Waals surface area contributed by atoms with Crippen LogP contribution in [0.3, 0.4) is 0 Å². The van der Waals surface area contributed by atoms with E-state index in [0.717, 1.165) is 4.68 Å². The van der Waals surface area contributed by atoms with Crippen LogP contribution in [0.2, 0.25) is 0 Å². The van der Waals surface area contributed by atoms with Crippen molar-refractivity contribution in [3.05, 3.63) is 50.1 Å². The molecule has 1 amide bonds. The van der Waals surface area contributed by atoms with Crippen LogP contribution in [0.4, 0.5) is 15.8 Å². The summed E-state index contributed by atoms with van der Waals surface area (Å²) < 4.78 is 15.8. The highest BCUT2D eigenvalue weighted by Gasteiger charge is 2.17. The first-order chi connectivity index (χ1) is 12.3. The van der Waals surface area contributed by atoms with Crippen molar-refractivity contribution in [1.29, 1.82) is 0 Å². The fourth-order valence-corrected chi connectivity index (χ4v) is 2.56. The molecule has 0 saturated carbocycles. The summed E-state index contributed by atoms with van der Waals surface area (Å²) in [6, 6.07) is 4.43. The minimum absolute atomic E-state index is 0.0549. The number of amides is 1. The number of nitrogens with zero attached hydrogens (tertiary/aromatic N) is 2. The second kappa shape index (κ2) is 8.88. The van der Waals surface area contributed by atoms with Crippen LogP contribution in [0.15, 0.2) is 27.5 Å². The van der Waals surface area contributed by atoms with Gasteiger partial charge >= 0.3 is 0 Å². The van der Waals surface area contributed by atoms with Crippen LogP contribution in [-0.4, -0.2) is 34.0 Å². The first-order valence-electron chi connectivity index (χ1n) is 7.63. The van der Waals surface area contributed by atoms with Gasteiger partial charge < -0.3 is 10.4 Å². The summed E-state index contributed by atoms with van der Waals surface area (Å²) in [5, 5.41) is 15.6. The SMILES string of the molecule is Cc1c(Nc2ccc(Br)cc2F)c(CC(=O)NOCCO)nn(C)c1=O. The summed E-state index contributed by atoms with van der Waals surface area (Å²) in [5.41, 5.74) is 2.73. The Morgan fingerprint density at radius 2 is 2.19 bits per heavy atom. The first kappa shape index (κ1) is 20.0. The summed E-state index contributed by atoms with van der Waals surface area (Å²) >= 11 is 3.18. The largest absolute Gasteiger partial charge is 0.394 e. The van der Waals surface area contributed by atoms with Crippen molar-refractivity contribution in [2.75, 3.05) is 18.5 Å².